The summed E-state index contributed by atoms with van der Waals surface area (Å²) in [6.45, 7) is 0.0245. The lowest BCUT2D eigenvalue weighted by Gasteiger charge is -2.05. The Labute approximate surface area is 153 Å². The number of ether oxygens (including phenoxy) is 1. The molecule has 1 amide bonds. The van der Waals surface area contributed by atoms with Gasteiger partial charge in [-0.05, 0) is 41.5 Å². The van der Waals surface area contributed by atoms with E-state index in [0.29, 0.717) is 11.6 Å². The van der Waals surface area contributed by atoms with Crippen molar-refractivity contribution in [1.82, 2.24) is 5.32 Å². The van der Waals surface area contributed by atoms with E-state index in [2.05, 4.69) is 21.2 Å². The zero-order valence-corrected chi connectivity index (χ0v) is 15.0. The molecule has 0 saturated carbocycles. The van der Waals surface area contributed by atoms with E-state index in [0.717, 1.165) is 15.6 Å². The lowest BCUT2D eigenvalue weighted by molar-refractivity contribution is -0.143. The summed E-state index contributed by atoms with van der Waals surface area (Å²) in [7, 11) is 0. The Morgan fingerprint density at radius 2 is 1.92 bits per heavy atom. The van der Waals surface area contributed by atoms with Crippen LogP contribution in [0.4, 0.5) is 0 Å². The molecule has 6 heteroatoms. The standard InChI is InChI=1S/C18H15BrClNO3/c19-15-3-1-2-13(10-15)6-9-18(23)24-12-17(22)21-11-14-4-7-16(20)8-5-14/h1-10H,11-12H2,(H,21,22). The summed E-state index contributed by atoms with van der Waals surface area (Å²) in [5, 5.41) is 3.30. The largest absolute Gasteiger partial charge is 0.452 e. The lowest BCUT2D eigenvalue weighted by atomic mass is 10.2. The van der Waals surface area contributed by atoms with Gasteiger partial charge in [0, 0.05) is 22.1 Å². The zero-order valence-electron chi connectivity index (χ0n) is 12.7. The molecule has 2 aromatic rings. The number of nitrogens with one attached hydrogen (secondary N) is 1. The van der Waals surface area contributed by atoms with Gasteiger partial charge in [0.15, 0.2) is 6.61 Å². The van der Waals surface area contributed by atoms with Gasteiger partial charge in [-0.15, -0.1) is 0 Å². The summed E-state index contributed by atoms with van der Waals surface area (Å²) in [5.41, 5.74) is 1.77. The maximum absolute atomic E-state index is 11.7. The Morgan fingerprint density at radius 1 is 1.17 bits per heavy atom. The Bertz CT molecular complexity index is 744. The quantitative estimate of drug-likeness (QED) is 0.581. The topological polar surface area (TPSA) is 55.4 Å². The summed E-state index contributed by atoms with van der Waals surface area (Å²) in [4.78, 5) is 23.3. The summed E-state index contributed by atoms with van der Waals surface area (Å²) < 4.78 is 5.81. The molecule has 0 atom stereocenters. The minimum atomic E-state index is -0.573. The molecule has 0 saturated heterocycles. The molecule has 0 bridgehead atoms. The molecule has 0 heterocycles. The molecule has 24 heavy (non-hydrogen) atoms. The van der Waals surface area contributed by atoms with Crippen LogP contribution in [0.1, 0.15) is 11.1 Å². The number of hydrogen-bond donors (Lipinski definition) is 1. The van der Waals surface area contributed by atoms with Crippen LogP contribution in [0.3, 0.4) is 0 Å². The summed E-state index contributed by atoms with van der Waals surface area (Å²) in [6, 6.07) is 14.6. The monoisotopic (exact) mass is 407 g/mol. The Kier molecular flexibility index (Phi) is 7.03. The number of rotatable bonds is 6. The number of halogens is 2. The molecule has 1 N–H and O–H groups in total. The van der Waals surface area contributed by atoms with Crippen LogP contribution in [-0.2, 0) is 20.9 Å². The number of amides is 1. The van der Waals surface area contributed by atoms with Crippen molar-refractivity contribution in [3.8, 4) is 0 Å². The fourth-order valence-corrected chi connectivity index (χ4v) is 2.36. The van der Waals surface area contributed by atoms with Gasteiger partial charge in [-0.3, -0.25) is 4.79 Å². The van der Waals surface area contributed by atoms with Crippen LogP contribution in [0.15, 0.2) is 59.1 Å². The summed E-state index contributed by atoms with van der Waals surface area (Å²) in [6.07, 6.45) is 2.91. The predicted molar refractivity (Wildman–Crippen MR) is 97.4 cm³/mol. The summed E-state index contributed by atoms with van der Waals surface area (Å²) >= 11 is 9.14. The van der Waals surface area contributed by atoms with Gasteiger partial charge in [-0.1, -0.05) is 51.8 Å². The molecule has 0 spiro atoms. The second-order valence-corrected chi connectivity index (χ2v) is 6.25. The van der Waals surface area contributed by atoms with Gasteiger partial charge in [-0.25, -0.2) is 4.79 Å². The molecule has 0 aliphatic heterocycles. The predicted octanol–water partition coefficient (Wildman–Crippen LogP) is 3.98. The molecule has 0 aliphatic carbocycles. The summed E-state index contributed by atoms with van der Waals surface area (Å²) in [5.74, 6) is -0.939. The Balaban J connectivity index is 1.72. The van der Waals surface area contributed by atoms with Gasteiger partial charge in [0.1, 0.15) is 0 Å². The highest BCUT2D eigenvalue weighted by Gasteiger charge is 2.05. The average Bonchev–Trinajstić information content (AvgIpc) is 2.57. The average molecular weight is 409 g/mol. The number of esters is 1. The van der Waals surface area contributed by atoms with Crippen LogP contribution in [-0.4, -0.2) is 18.5 Å². The third kappa shape index (κ3) is 6.56. The van der Waals surface area contributed by atoms with Gasteiger partial charge in [0.2, 0.25) is 0 Å². The molecule has 2 aromatic carbocycles. The van der Waals surface area contributed by atoms with E-state index >= 15 is 0 Å². The fourth-order valence-electron chi connectivity index (χ4n) is 1.81. The maximum atomic E-state index is 11.7. The molecule has 0 fully saturated rings. The van der Waals surface area contributed by atoms with Crippen molar-refractivity contribution in [2.24, 2.45) is 0 Å². The van der Waals surface area contributed by atoms with Crippen molar-refractivity contribution in [2.45, 2.75) is 6.54 Å². The highest BCUT2D eigenvalue weighted by Crippen LogP contribution is 2.12. The van der Waals surface area contributed by atoms with Crippen molar-refractivity contribution in [1.29, 1.82) is 0 Å². The van der Waals surface area contributed by atoms with E-state index in [4.69, 9.17) is 16.3 Å². The van der Waals surface area contributed by atoms with Crippen LogP contribution < -0.4 is 5.32 Å². The van der Waals surface area contributed by atoms with Crippen molar-refractivity contribution in [2.75, 3.05) is 6.61 Å². The van der Waals surface area contributed by atoms with Crippen molar-refractivity contribution in [3.63, 3.8) is 0 Å². The van der Waals surface area contributed by atoms with Crippen LogP contribution in [0, 0.1) is 0 Å². The first kappa shape index (κ1) is 18.2. The van der Waals surface area contributed by atoms with Crippen molar-refractivity contribution in [3.05, 3.63) is 75.2 Å². The van der Waals surface area contributed by atoms with Crippen LogP contribution in [0.5, 0.6) is 0 Å². The van der Waals surface area contributed by atoms with E-state index in [9.17, 15) is 9.59 Å². The minimum Gasteiger partial charge on any atom is -0.452 e. The number of benzene rings is 2. The van der Waals surface area contributed by atoms with Crippen molar-refractivity contribution < 1.29 is 14.3 Å². The first-order valence-electron chi connectivity index (χ1n) is 7.14. The number of carbonyl (C=O) groups is 2. The van der Waals surface area contributed by atoms with E-state index in [1.165, 1.54) is 6.08 Å². The van der Waals surface area contributed by atoms with E-state index < -0.39 is 5.97 Å². The van der Waals surface area contributed by atoms with Crippen LogP contribution in [0.25, 0.3) is 6.08 Å². The van der Waals surface area contributed by atoms with Gasteiger partial charge in [-0.2, -0.15) is 0 Å². The van der Waals surface area contributed by atoms with Crippen LogP contribution in [0.2, 0.25) is 5.02 Å². The van der Waals surface area contributed by atoms with Gasteiger partial charge >= 0.3 is 5.97 Å². The second kappa shape index (κ2) is 9.25. The first-order valence-corrected chi connectivity index (χ1v) is 8.31. The molecule has 0 aromatic heterocycles. The Morgan fingerprint density at radius 3 is 2.62 bits per heavy atom. The molecule has 0 aliphatic rings. The Hall–Kier alpha value is -2.11. The van der Waals surface area contributed by atoms with Gasteiger partial charge in [0.25, 0.3) is 5.91 Å². The third-order valence-electron chi connectivity index (χ3n) is 3.01. The molecular weight excluding hydrogens is 394 g/mol. The lowest BCUT2D eigenvalue weighted by Crippen LogP contribution is -2.28. The number of hydrogen-bond acceptors (Lipinski definition) is 3. The van der Waals surface area contributed by atoms with Gasteiger partial charge in [0.05, 0.1) is 0 Å². The highest BCUT2D eigenvalue weighted by molar-refractivity contribution is 9.10. The molecule has 124 valence electrons. The molecule has 0 radical (unpaired) electrons. The smallest absolute Gasteiger partial charge is 0.331 e. The normalized spacial score (nSPS) is 10.6. The van der Waals surface area contributed by atoms with Gasteiger partial charge < -0.3 is 10.1 Å². The fraction of sp³-hybridized carbons (Fsp3) is 0.111. The van der Waals surface area contributed by atoms with E-state index in [1.807, 2.05) is 36.4 Å². The van der Waals surface area contributed by atoms with Crippen molar-refractivity contribution >= 4 is 45.5 Å². The third-order valence-corrected chi connectivity index (χ3v) is 3.75. The second-order valence-electron chi connectivity index (χ2n) is 4.90. The molecule has 2 rings (SSSR count). The number of carbonyl (C=O) groups excluding carboxylic acids is 2. The van der Waals surface area contributed by atoms with E-state index in [-0.39, 0.29) is 12.5 Å². The maximum Gasteiger partial charge on any atom is 0.331 e. The SMILES string of the molecule is O=C(COC(=O)C=Cc1cccc(Br)c1)NCc1ccc(Cl)cc1. The molecular formula is C18H15BrClNO3. The molecule has 4 nitrogen and oxygen atoms in total. The highest BCUT2D eigenvalue weighted by atomic mass is 79.9. The first-order chi connectivity index (χ1) is 11.5. The zero-order chi connectivity index (χ0) is 17.4. The van der Waals surface area contributed by atoms with Crippen LogP contribution >= 0.6 is 27.5 Å². The minimum absolute atomic E-state index is 0.324. The molecule has 0 unspecified atom stereocenters. The van der Waals surface area contributed by atoms with E-state index in [1.54, 1.807) is 18.2 Å².